The molecular weight excluding hydrogens is 188 g/mol. The Bertz CT molecular complexity index is 283. The van der Waals surface area contributed by atoms with Crippen LogP contribution in [-0.4, -0.2) is 22.3 Å². The first kappa shape index (κ1) is 12.3. The maximum absolute atomic E-state index is 9.24. The van der Waals surface area contributed by atoms with Crippen molar-refractivity contribution in [1.29, 1.82) is 0 Å². The lowest BCUT2D eigenvalue weighted by Crippen LogP contribution is -2.37. The molecule has 0 saturated heterocycles. The number of aromatic nitrogens is 1. The van der Waals surface area contributed by atoms with Gasteiger partial charge in [0, 0.05) is 32.0 Å². The second kappa shape index (κ2) is 5.93. The summed E-state index contributed by atoms with van der Waals surface area (Å²) < 4.78 is 2.04. The minimum absolute atomic E-state index is 0.204. The van der Waals surface area contributed by atoms with E-state index in [0.29, 0.717) is 5.92 Å². The van der Waals surface area contributed by atoms with E-state index in [2.05, 4.69) is 31.4 Å². The van der Waals surface area contributed by atoms with E-state index in [1.54, 1.807) is 0 Å². The molecular formula is C12H22N2O. The zero-order chi connectivity index (χ0) is 11.3. The van der Waals surface area contributed by atoms with Crippen molar-refractivity contribution in [2.45, 2.75) is 32.9 Å². The molecule has 3 heteroatoms. The van der Waals surface area contributed by atoms with E-state index in [4.69, 9.17) is 0 Å². The van der Waals surface area contributed by atoms with Crippen molar-refractivity contribution in [3.8, 4) is 0 Å². The number of nitrogens with zero attached hydrogens (tertiary/aromatic N) is 1. The molecule has 0 aliphatic heterocycles. The molecule has 2 N–H and O–H groups in total. The van der Waals surface area contributed by atoms with Crippen LogP contribution < -0.4 is 5.32 Å². The summed E-state index contributed by atoms with van der Waals surface area (Å²) in [6.07, 6.45) is 5.22. The minimum Gasteiger partial charge on any atom is -0.395 e. The molecule has 0 aromatic carbocycles. The van der Waals surface area contributed by atoms with Crippen molar-refractivity contribution >= 4 is 0 Å². The molecule has 0 amide bonds. The van der Waals surface area contributed by atoms with Gasteiger partial charge in [0.2, 0.25) is 0 Å². The molecule has 1 aromatic heterocycles. The molecule has 0 aliphatic rings. The summed E-state index contributed by atoms with van der Waals surface area (Å²) in [7, 11) is 2.02. The van der Waals surface area contributed by atoms with Gasteiger partial charge in [-0.25, -0.2) is 0 Å². The van der Waals surface area contributed by atoms with Gasteiger partial charge in [-0.1, -0.05) is 20.3 Å². The number of aliphatic hydroxyl groups excluding tert-OH is 1. The van der Waals surface area contributed by atoms with Crippen LogP contribution >= 0.6 is 0 Å². The van der Waals surface area contributed by atoms with Crippen LogP contribution in [-0.2, 0) is 13.6 Å². The summed E-state index contributed by atoms with van der Waals surface area (Å²) >= 11 is 0. The average molecular weight is 210 g/mol. The van der Waals surface area contributed by atoms with Gasteiger partial charge in [-0.15, -0.1) is 0 Å². The third-order valence-corrected chi connectivity index (χ3v) is 2.99. The fourth-order valence-electron chi connectivity index (χ4n) is 1.64. The predicted octanol–water partition coefficient (Wildman–Crippen LogP) is 1.52. The van der Waals surface area contributed by atoms with Crippen molar-refractivity contribution in [3.05, 3.63) is 24.0 Å². The monoisotopic (exact) mass is 210 g/mol. The van der Waals surface area contributed by atoms with Gasteiger partial charge in [-0.2, -0.15) is 0 Å². The van der Waals surface area contributed by atoms with Crippen molar-refractivity contribution in [1.82, 2.24) is 9.88 Å². The predicted molar refractivity (Wildman–Crippen MR) is 62.6 cm³/mol. The average Bonchev–Trinajstić information content (AvgIpc) is 2.64. The van der Waals surface area contributed by atoms with Crippen LogP contribution in [0, 0.1) is 5.92 Å². The van der Waals surface area contributed by atoms with Crippen LogP contribution in [0.15, 0.2) is 18.5 Å². The maximum atomic E-state index is 9.24. The van der Waals surface area contributed by atoms with Gasteiger partial charge in [0.15, 0.2) is 0 Å². The van der Waals surface area contributed by atoms with Crippen LogP contribution in [0.5, 0.6) is 0 Å². The van der Waals surface area contributed by atoms with E-state index >= 15 is 0 Å². The number of hydrogen-bond acceptors (Lipinski definition) is 2. The largest absolute Gasteiger partial charge is 0.395 e. The van der Waals surface area contributed by atoms with E-state index in [0.717, 1.165) is 13.0 Å². The third kappa shape index (κ3) is 3.68. The highest BCUT2D eigenvalue weighted by molar-refractivity contribution is 5.09. The fourth-order valence-corrected chi connectivity index (χ4v) is 1.64. The summed E-state index contributed by atoms with van der Waals surface area (Å²) in [6, 6.07) is 2.30. The number of aliphatic hydroxyl groups is 1. The SMILES string of the molecule is CCC(C)C(CO)NCc1ccn(C)c1. The standard InChI is InChI=1S/C12H22N2O/c1-4-10(2)12(9-15)13-7-11-5-6-14(3)8-11/h5-6,8,10,12-13,15H,4,7,9H2,1-3H3. The topological polar surface area (TPSA) is 37.2 Å². The second-order valence-electron chi connectivity index (χ2n) is 4.24. The zero-order valence-corrected chi connectivity index (χ0v) is 9.90. The van der Waals surface area contributed by atoms with Crippen LogP contribution in [0.1, 0.15) is 25.8 Å². The van der Waals surface area contributed by atoms with Crippen LogP contribution in [0.2, 0.25) is 0 Å². The number of rotatable bonds is 6. The quantitative estimate of drug-likeness (QED) is 0.747. The highest BCUT2D eigenvalue weighted by Crippen LogP contribution is 2.08. The van der Waals surface area contributed by atoms with Crippen molar-refractivity contribution < 1.29 is 5.11 Å². The van der Waals surface area contributed by atoms with Gasteiger partial charge in [-0.05, 0) is 17.5 Å². The van der Waals surface area contributed by atoms with Crippen LogP contribution in [0.4, 0.5) is 0 Å². The lowest BCUT2D eigenvalue weighted by molar-refractivity contribution is 0.201. The zero-order valence-electron chi connectivity index (χ0n) is 9.90. The molecule has 1 aromatic rings. The van der Waals surface area contributed by atoms with Gasteiger partial charge in [0.05, 0.1) is 6.61 Å². The fraction of sp³-hybridized carbons (Fsp3) is 0.667. The van der Waals surface area contributed by atoms with Crippen molar-refractivity contribution in [3.63, 3.8) is 0 Å². The number of nitrogens with one attached hydrogen (secondary N) is 1. The van der Waals surface area contributed by atoms with Gasteiger partial charge in [0.25, 0.3) is 0 Å². The molecule has 2 unspecified atom stereocenters. The smallest absolute Gasteiger partial charge is 0.0587 e. The number of aryl methyl sites for hydroxylation is 1. The van der Waals surface area contributed by atoms with Crippen molar-refractivity contribution in [2.24, 2.45) is 13.0 Å². The molecule has 0 spiro atoms. The highest BCUT2D eigenvalue weighted by Gasteiger charge is 2.13. The second-order valence-corrected chi connectivity index (χ2v) is 4.24. The van der Waals surface area contributed by atoms with E-state index < -0.39 is 0 Å². The maximum Gasteiger partial charge on any atom is 0.0587 e. The molecule has 86 valence electrons. The molecule has 2 atom stereocenters. The molecule has 1 heterocycles. The lowest BCUT2D eigenvalue weighted by Gasteiger charge is -2.21. The molecule has 1 rings (SSSR count). The molecule has 0 saturated carbocycles. The van der Waals surface area contributed by atoms with Crippen LogP contribution in [0.3, 0.4) is 0 Å². The normalized spacial score (nSPS) is 15.2. The van der Waals surface area contributed by atoms with E-state index in [1.807, 2.05) is 17.8 Å². The molecule has 0 fully saturated rings. The summed E-state index contributed by atoms with van der Waals surface area (Å²) in [5.74, 6) is 0.513. The van der Waals surface area contributed by atoms with E-state index in [9.17, 15) is 5.11 Å². The summed E-state index contributed by atoms with van der Waals surface area (Å²) in [5.41, 5.74) is 1.26. The Morgan fingerprint density at radius 1 is 1.53 bits per heavy atom. The van der Waals surface area contributed by atoms with Gasteiger partial charge in [0.1, 0.15) is 0 Å². The Labute approximate surface area is 92.1 Å². The first-order valence-electron chi connectivity index (χ1n) is 5.62. The van der Waals surface area contributed by atoms with Crippen LogP contribution in [0.25, 0.3) is 0 Å². The molecule has 3 nitrogen and oxygen atoms in total. The first-order valence-corrected chi connectivity index (χ1v) is 5.62. The minimum atomic E-state index is 0.204. The highest BCUT2D eigenvalue weighted by atomic mass is 16.3. The third-order valence-electron chi connectivity index (χ3n) is 2.99. The van der Waals surface area contributed by atoms with Gasteiger partial charge in [-0.3, -0.25) is 0 Å². The Hall–Kier alpha value is -0.800. The summed E-state index contributed by atoms with van der Waals surface area (Å²) in [5, 5.41) is 12.6. The number of hydrogen-bond donors (Lipinski definition) is 2. The Kier molecular flexibility index (Phi) is 4.85. The molecule has 0 bridgehead atoms. The molecule has 0 aliphatic carbocycles. The first-order chi connectivity index (χ1) is 7.17. The Morgan fingerprint density at radius 3 is 2.73 bits per heavy atom. The van der Waals surface area contributed by atoms with E-state index in [1.165, 1.54) is 5.56 Å². The van der Waals surface area contributed by atoms with Crippen molar-refractivity contribution in [2.75, 3.05) is 6.61 Å². The van der Waals surface area contributed by atoms with Gasteiger partial charge < -0.3 is 15.0 Å². The van der Waals surface area contributed by atoms with E-state index in [-0.39, 0.29) is 12.6 Å². The Balaban J connectivity index is 2.40. The summed E-state index contributed by atoms with van der Waals surface area (Å²) in [4.78, 5) is 0. The molecule has 15 heavy (non-hydrogen) atoms. The summed E-state index contributed by atoms with van der Waals surface area (Å²) in [6.45, 7) is 5.36. The van der Waals surface area contributed by atoms with Gasteiger partial charge >= 0.3 is 0 Å². The Morgan fingerprint density at radius 2 is 2.27 bits per heavy atom. The molecule has 0 radical (unpaired) electrons. The lowest BCUT2D eigenvalue weighted by atomic mass is 10.00.